The van der Waals surface area contributed by atoms with Crippen molar-refractivity contribution in [3.63, 3.8) is 0 Å². The van der Waals surface area contributed by atoms with E-state index in [0.717, 1.165) is 32.6 Å². The van der Waals surface area contributed by atoms with Crippen molar-refractivity contribution in [2.75, 3.05) is 33.2 Å². The molecule has 0 aromatic rings. The van der Waals surface area contributed by atoms with Crippen LogP contribution in [0.2, 0.25) is 0 Å². The molecule has 1 atom stereocenters. The number of carbonyl (C=O) groups excluding carboxylic acids is 1. The van der Waals surface area contributed by atoms with Crippen LogP contribution in [0, 0.1) is 0 Å². The largest absolute Gasteiger partial charge is 0.355 e. The molecule has 0 radical (unpaired) electrons. The van der Waals surface area contributed by atoms with Gasteiger partial charge in [-0.05, 0) is 33.0 Å². The summed E-state index contributed by atoms with van der Waals surface area (Å²) in [5.41, 5.74) is 0. The molecule has 1 aliphatic rings. The predicted octanol–water partition coefficient (Wildman–Crippen LogP) is 0.196. The van der Waals surface area contributed by atoms with Crippen LogP contribution >= 0.6 is 0 Å². The number of nitrogens with one attached hydrogen (secondary N) is 2. The van der Waals surface area contributed by atoms with E-state index in [-0.39, 0.29) is 5.91 Å². The van der Waals surface area contributed by atoms with Crippen molar-refractivity contribution in [3.8, 4) is 0 Å². The summed E-state index contributed by atoms with van der Waals surface area (Å²) in [7, 11) is 2.06. The van der Waals surface area contributed by atoms with Gasteiger partial charge in [-0.2, -0.15) is 0 Å². The first-order valence-corrected chi connectivity index (χ1v) is 5.91. The second-order valence-electron chi connectivity index (χ2n) is 4.24. The van der Waals surface area contributed by atoms with Crippen LogP contribution < -0.4 is 10.6 Å². The van der Waals surface area contributed by atoms with Crippen LogP contribution in [0.15, 0.2) is 0 Å². The molecule has 4 heteroatoms. The van der Waals surface area contributed by atoms with E-state index < -0.39 is 0 Å². The van der Waals surface area contributed by atoms with Gasteiger partial charge in [-0.3, -0.25) is 4.79 Å². The summed E-state index contributed by atoms with van der Waals surface area (Å²) in [5.74, 6) is 0.180. The zero-order valence-electron chi connectivity index (χ0n) is 9.88. The molecule has 1 amide bonds. The molecular formula is C11H23N3O. The molecule has 1 unspecified atom stereocenters. The average Bonchev–Trinajstić information content (AvgIpc) is 2.70. The maximum Gasteiger partial charge on any atom is 0.221 e. The molecule has 1 fully saturated rings. The molecule has 1 aliphatic heterocycles. The third-order valence-electron chi connectivity index (χ3n) is 2.95. The van der Waals surface area contributed by atoms with Gasteiger partial charge < -0.3 is 15.5 Å². The van der Waals surface area contributed by atoms with Gasteiger partial charge >= 0.3 is 0 Å². The van der Waals surface area contributed by atoms with Gasteiger partial charge in [-0.1, -0.05) is 6.92 Å². The van der Waals surface area contributed by atoms with Gasteiger partial charge in [0.15, 0.2) is 0 Å². The number of hydrogen-bond acceptors (Lipinski definition) is 3. The number of rotatable bonds is 6. The Kier molecular flexibility index (Phi) is 5.65. The van der Waals surface area contributed by atoms with Gasteiger partial charge in [0.25, 0.3) is 0 Å². The van der Waals surface area contributed by atoms with Crippen molar-refractivity contribution < 1.29 is 4.79 Å². The monoisotopic (exact) mass is 213 g/mol. The number of carbonyl (C=O) groups is 1. The summed E-state index contributed by atoms with van der Waals surface area (Å²) in [4.78, 5) is 13.7. The molecule has 88 valence electrons. The first kappa shape index (κ1) is 12.5. The molecule has 1 saturated heterocycles. The van der Waals surface area contributed by atoms with E-state index >= 15 is 0 Å². The van der Waals surface area contributed by atoms with Crippen LogP contribution in [-0.4, -0.2) is 50.1 Å². The molecule has 0 aliphatic carbocycles. The second kappa shape index (κ2) is 6.80. The van der Waals surface area contributed by atoms with Crippen molar-refractivity contribution in [2.45, 2.75) is 32.2 Å². The minimum absolute atomic E-state index is 0.180. The summed E-state index contributed by atoms with van der Waals surface area (Å²) in [6.45, 7) is 5.90. The Balaban J connectivity index is 2.02. The predicted molar refractivity (Wildman–Crippen MR) is 61.8 cm³/mol. The number of likely N-dealkylation sites (N-methyl/N-ethyl adjacent to an activating group) is 1. The maximum atomic E-state index is 11.5. The Labute approximate surface area is 92.4 Å². The number of nitrogens with zero attached hydrogens (tertiary/aromatic N) is 1. The lowest BCUT2D eigenvalue weighted by Crippen LogP contribution is -2.36. The first-order chi connectivity index (χ1) is 7.22. The third kappa shape index (κ3) is 5.14. The first-order valence-electron chi connectivity index (χ1n) is 5.91. The van der Waals surface area contributed by atoms with Crippen molar-refractivity contribution in [1.29, 1.82) is 0 Å². The standard InChI is InChI=1S/C11H23N3O/c1-3-14(2)8-7-13-11(15)9-10-5-4-6-12-10/h10,12H,3-9H2,1-2H3,(H,13,15). The van der Waals surface area contributed by atoms with Gasteiger partial charge in [-0.15, -0.1) is 0 Å². The van der Waals surface area contributed by atoms with E-state index in [1.807, 2.05) is 0 Å². The Morgan fingerprint density at radius 2 is 2.40 bits per heavy atom. The molecular weight excluding hydrogens is 190 g/mol. The molecule has 1 rings (SSSR count). The summed E-state index contributed by atoms with van der Waals surface area (Å²) in [6.07, 6.45) is 2.98. The molecule has 15 heavy (non-hydrogen) atoms. The van der Waals surface area contributed by atoms with E-state index in [2.05, 4.69) is 29.5 Å². The smallest absolute Gasteiger partial charge is 0.221 e. The Morgan fingerprint density at radius 1 is 1.60 bits per heavy atom. The highest BCUT2D eigenvalue weighted by atomic mass is 16.1. The second-order valence-corrected chi connectivity index (χ2v) is 4.24. The zero-order chi connectivity index (χ0) is 11.1. The van der Waals surface area contributed by atoms with E-state index in [0.29, 0.717) is 12.5 Å². The fraction of sp³-hybridized carbons (Fsp3) is 0.909. The Morgan fingerprint density at radius 3 is 3.00 bits per heavy atom. The van der Waals surface area contributed by atoms with Gasteiger partial charge in [-0.25, -0.2) is 0 Å². The lowest BCUT2D eigenvalue weighted by molar-refractivity contribution is -0.121. The highest BCUT2D eigenvalue weighted by Crippen LogP contribution is 2.07. The number of amides is 1. The van der Waals surface area contributed by atoms with Crippen LogP contribution in [-0.2, 0) is 4.79 Å². The zero-order valence-corrected chi connectivity index (χ0v) is 9.88. The fourth-order valence-electron chi connectivity index (χ4n) is 1.77. The van der Waals surface area contributed by atoms with Crippen molar-refractivity contribution in [3.05, 3.63) is 0 Å². The molecule has 2 N–H and O–H groups in total. The third-order valence-corrected chi connectivity index (χ3v) is 2.95. The highest BCUT2D eigenvalue weighted by Gasteiger charge is 2.16. The molecule has 0 bridgehead atoms. The quantitative estimate of drug-likeness (QED) is 0.662. The van der Waals surface area contributed by atoms with Crippen LogP contribution in [0.1, 0.15) is 26.2 Å². The van der Waals surface area contributed by atoms with Crippen molar-refractivity contribution >= 4 is 5.91 Å². The van der Waals surface area contributed by atoms with Crippen LogP contribution in [0.5, 0.6) is 0 Å². The Hall–Kier alpha value is -0.610. The molecule has 4 nitrogen and oxygen atoms in total. The SMILES string of the molecule is CCN(C)CCNC(=O)CC1CCCN1. The summed E-state index contributed by atoms with van der Waals surface area (Å²) in [6, 6.07) is 0.411. The van der Waals surface area contributed by atoms with Gasteiger partial charge in [0, 0.05) is 25.6 Å². The van der Waals surface area contributed by atoms with E-state index in [9.17, 15) is 4.79 Å². The van der Waals surface area contributed by atoms with Crippen LogP contribution in [0.4, 0.5) is 0 Å². The van der Waals surface area contributed by atoms with Gasteiger partial charge in [0.1, 0.15) is 0 Å². The minimum Gasteiger partial charge on any atom is -0.355 e. The van der Waals surface area contributed by atoms with E-state index in [1.165, 1.54) is 6.42 Å². The van der Waals surface area contributed by atoms with Crippen molar-refractivity contribution in [1.82, 2.24) is 15.5 Å². The molecule has 0 aromatic heterocycles. The van der Waals surface area contributed by atoms with Gasteiger partial charge in [0.05, 0.1) is 0 Å². The molecule has 0 spiro atoms. The lowest BCUT2D eigenvalue weighted by Gasteiger charge is -2.15. The summed E-state index contributed by atoms with van der Waals surface area (Å²) in [5, 5.41) is 6.28. The summed E-state index contributed by atoms with van der Waals surface area (Å²) >= 11 is 0. The Bertz CT molecular complexity index is 190. The topological polar surface area (TPSA) is 44.4 Å². The highest BCUT2D eigenvalue weighted by molar-refractivity contribution is 5.76. The van der Waals surface area contributed by atoms with E-state index in [4.69, 9.17) is 0 Å². The minimum atomic E-state index is 0.180. The fourth-order valence-corrected chi connectivity index (χ4v) is 1.77. The maximum absolute atomic E-state index is 11.5. The van der Waals surface area contributed by atoms with Crippen LogP contribution in [0.3, 0.4) is 0 Å². The molecule has 0 aromatic carbocycles. The normalized spacial score (nSPS) is 20.9. The molecule has 0 saturated carbocycles. The van der Waals surface area contributed by atoms with E-state index in [1.54, 1.807) is 0 Å². The van der Waals surface area contributed by atoms with Crippen LogP contribution in [0.25, 0.3) is 0 Å². The lowest BCUT2D eigenvalue weighted by atomic mass is 10.1. The van der Waals surface area contributed by atoms with Crippen molar-refractivity contribution in [2.24, 2.45) is 0 Å². The molecule has 1 heterocycles. The summed E-state index contributed by atoms with van der Waals surface area (Å²) < 4.78 is 0. The van der Waals surface area contributed by atoms with Gasteiger partial charge in [0.2, 0.25) is 5.91 Å². The number of hydrogen-bond donors (Lipinski definition) is 2. The average molecular weight is 213 g/mol.